The van der Waals surface area contributed by atoms with Gasteiger partial charge in [-0.25, -0.2) is 0 Å². The van der Waals surface area contributed by atoms with Crippen molar-refractivity contribution < 1.29 is 28.6 Å². The smallest absolute Gasteiger partial charge is 0.306 e. The lowest BCUT2D eigenvalue weighted by Crippen LogP contribution is -2.30. The molecule has 0 aliphatic heterocycles. The lowest BCUT2D eigenvalue weighted by Gasteiger charge is -2.18. The Balaban J connectivity index is 4.43. The summed E-state index contributed by atoms with van der Waals surface area (Å²) in [6.45, 7) is 6.46. The molecule has 0 saturated heterocycles. The Labute approximate surface area is 414 Å². The normalized spacial score (nSPS) is 12.7. The average molecular weight is 933 g/mol. The highest BCUT2D eigenvalue weighted by molar-refractivity contribution is 5.71. The fraction of sp³-hybridized carbons (Fsp3) is 0.721. The van der Waals surface area contributed by atoms with Crippen molar-refractivity contribution in [2.45, 2.75) is 271 Å². The van der Waals surface area contributed by atoms with Gasteiger partial charge in [-0.15, -0.1) is 0 Å². The minimum absolute atomic E-state index is 0.0919. The summed E-state index contributed by atoms with van der Waals surface area (Å²) in [5.41, 5.74) is 0. The molecule has 0 aromatic heterocycles. The maximum atomic E-state index is 12.8. The first kappa shape index (κ1) is 63.6. The van der Waals surface area contributed by atoms with E-state index in [9.17, 15) is 14.4 Å². The molecule has 0 radical (unpaired) electrons. The van der Waals surface area contributed by atoms with E-state index in [0.29, 0.717) is 19.3 Å². The molecule has 1 unspecified atom stereocenters. The number of unbranched alkanes of at least 4 members (excludes halogenated alkanes) is 25. The lowest BCUT2D eigenvalue weighted by atomic mass is 10.1. The van der Waals surface area contributed by atoms with E-state index in [4.69, 9.17) is 14.2 Å². The highest BCUT2D eigenvalue weighted by Gasteiger charge is 2.19. The first-order valence-corrected chi connectivity index (χ1v) is 28.1. The number of carbonyl (C=O) groups is 3. The lowest BCUT2D eigenvalue weighted by molar-refractivity contribution is -0.167. The predicted octanol–water partition coefficient (Wildman–Crippen LogP) is 18.8. The Morgan fingerprint density at radius 2 is 0.597 bits per heavy atom. The Morgan fingerprint density at radius 1 is 0.313 bits per heavy atom. The van der Waals surface area contributed by atoms with E-state index in [1.165, 1.54) is 89.9 Å². The highest BCUT2D eigenvalue weighted by Crippen LogP contribution is 2.14. The quantitative estimate of drug-likeness (QED) is 0.0262. The Kier molecular flexibility index (Phi) is 52.4. The van der Waals surface area contributed by atoms with E-state index in [-0.39, 0.29) is 31.1 Å². The van der Waals surface area contributed by atoms with Crippen LogP contribution in [-0.2, 0) is 28.6 Å². The Hall–Kier alpha value is -3.41. The third kappa shape index (κ3) is 53.4. The SMILES string of the molecule is CC/C=C\C/C=C\C/C=C\C/C=C\CCCCCCCCC(=O)OCC(COC(=O)CCCCCCC/C=C\C/C=C\CCCC)OC(=O)CCCCCCC/C=C\CCCCCCCCC. The number of allylic oxidation sites excluding steroid dienone is 14. The molecule has 0 heterocycles. The van der Waals surface area contributed by atoms with Gasteiger partial charge in [-0.05, 0) is 109 Å². The summed E-state index contributed by atoms with van der Waals surface area (Å²) >= 11 is 0. The molecule has 67 heavy (non-hydrogen) atoms. The summed E-state index contributed by atoms with van der Waals surface area (Å²) in [4.78, 5) is 38.1. The standard InChI is InChI=1S/C61H104O6/c1-4-7-10-13-16-19-22-25-28-30-31-32-34-36-39-42-45-48-51-54-60(63)66-57-58(56-65-59(62)53-50-47-44-41-38-35-27-24-21-18-15-12-9-6-3)67-61(64)55-52-49-46-43-40-37-33-29-26-23-20-17-14-11-8-5-2/h7,10,15-16,18-19,24-25,27-29,31-33,58H,4-6,8-9,11-14,17,20-23,26,30,34-57H2,1-3H3/b10-7-,18-15-,19-16-,27-24-,28-25-,32-31-,33-29-. The molecule has 0 amide bonds. The number of esters is 3. The van der Waals surface area contributed by atoms with E-state index in [1.54, 1.807) is 0 Å². The molecule has 0 N–H and O–H groups in total. The molecule has 1 atom stereocenters. The second-order valence-electron chi connectivity index (χ2n) is 18.5. The van der Waals surface area contributed by atoms with Gasteiger partial charge in [-0.2, -0.15) is 0 Å². The number of hydrogen-bond acceptors (Lipinski definition) is 6. The second kappa shape index (κ2) is 55.2. The van der Waals surface area contributed by atoms with Crippen molar-refractivity contribution in [3.8, 4) is 0 Å². The van der Waals surface area contributed by atoms with Crippen molar-refractivity contribution in [1.82, 2.24) is 0 Å². The van der Waals surface area contributed by atoms with Gasteiger partial charge in [0.25, 0.3) is 0 Å². The van der Waals surface area contributed by atoms with Crippen LogP contribution in [0.1, 0.15) is 265 Å². The van der Waals surface area contributed by atoms with Crippen molar-refractivity contribution in [3.05, 3.63) is 85.1 Å². The van der Waals surface area contributed by atoms with Gasteiger partial charge in [0.1, 0.15) is 13.2 Å². The van der Waals surface area contributed by atoms with Crippen LogP contribution in [0.4, 0.5) is 0 Å². The topological polar surface area (TPSA) is 78.9 Å². The zero-order chi connectivity index (χ0) is 48.6. The van der Waals surface area contributed by atoms with Gasteiger partial charge in [0.15, 0.2) is 6.10 Å². The summed E-state index contributed by atoms with van der Waals surface area (Å²) in [5.74, 6) is -0.923. The largest absolute Gasteiger partial charge is 0.462 e. The second-order valence-corrected chi connectivity index (χ2v) is 18.5. The first-order valence-electron chi connectivity index (χ1n) is 28.1. The van der Waals surface area contributed by atoms with Crippen molar-refractivity contribution in [3.63, 3.8) is 0 Å². The number of hydrogen-bond donors (Lipinski definition) is 0. The van der Waals surface area contributed by atoms with Crippen LogP contribution < -0.4 is 0 Å². The maximum Gasteiger partial charge on any atom is 0.306 e. The molecule has 6 nitrogen and oxygen atoms in total. The van der Waals surface area contributed by atoms with E-state index in [1.807, 2.05) is 0 Å². The van der Waals surface area contributed by atoms with E-state index >= 15 is 0 Å². The summed E-state index contributed by atoms with van der Waals surface area (Å²) in [7, 11) is 0. The van der Waals surface area contributed by atoms with Crippen LogP contribution in [0.25, 0.3) is 0 Å². The molecule has 0 saturated carbocycles. The van der Waals surface area contributed by atoms with Gasteiger partial charge in [0.2, 0.25) is 0 Å². The Morgan fingerprint density at radius 3 is 0.970 bits per heavy atom. The molecular weight excluding hydrogens is 829 g/mol. The minimum Gasteiger partial charge on any atom is -0.462 e. The molecule has 384 valence electrons. The third-order valence-corrected chi connectivity index (χ3v) is 11.9. The molecule has 0 rings (SSSR count). The van der Waals surface area contributed by atoms with Crippen LogP contribution >= 0.6 is 0 Å². The number of ether oxygens (including phenoxy) is 3. The number of rotatable bonds is 50. The molecule has 0 bridgehead atoms. The molecule has 0 aliphatic carbocycles. The van der Waals surface area contributed by atoms with Gasteiger partial charge in [-0.3, -0.25) is 14.4 Å². The molecular formula is C61H104O6. The van der Waals surface area contributed by atoms with E-state index in [2.05, 4.69) is 106 Å². The van der Waals surface area contributed by atoms with Gasteiger partial charge in [-0.1, -0.05) is 221 Å². The monoisotopic (exact) mass is 933 g/mol. The van der Waals surface area contributed by atoms with Crippen LogP contribution in [0.3, 0.4) is 0 Å². The number of carbonyl (C=O) groups excluding carboxylic acids is 3. The molecule has 6 heteroatoms. The van der Waals surface area contributed by atoms with E-state index < -0.39 is 6.10 Å². The summed E-state index contributed by atoms with van der Waals surface area (Å²) in [6.07, 6.45) is 71.3. The summed E-state index contributed by atoms with van der Waals surface area (Å²) < 4.78 is 16.8. The van der Waals surface area contributed by atoms with Crippen LogP contribution in [0.2, 0.25) is 0 Å². The average Bonchev–Trinajstić information content (AvgIpc) is 3.33. The minimum atomic E-state index is -0.793. The van der Waals surface area contributed by atoms with Crippen LogP contribution in [-0.4, -0.2) is 37.2 Å². The van der Waals surface area contributed by atoms with Crippen LogP contribution in [0, 0.1) is 0 Å². The van der Waals surface area contributed by atoms with Crippen molar-refractivity contribution in [1.29, 1.82) is 0 Å². The van der Waals surface area contributed by atoms with Gasteiger partial charge in [0, 0.05) is 19.3 Å². The van der Waals surface area contributed by atoms with Crippen molar-refractivity contribution in [2.24, 2.45) is 0 Å². The van der Waals surface area contributed by atoms with Gasteiger partial charge < -0.3 is 14.2 Å². The highest BCUT2D eigenvalue weighted by atomic mass is 16.6. The summed E-state index contributed by atoms with van der Waals surface area (Å²) in [5, 5.41) is 0. The first-order chi connectivity index (χ1) is 33.0. The fourth-order valence-corrected chi connectivity index (χ4v) is 7.62. The molecule has 0 spiro atoms. The van der Waals surface area contributed by atoms with Gasteiger partial charge in [0.05, 0.1) is 0 Å². The van der Waals surface area contributed by atoms with Crippen LogP contribution in [0.5, 0.6) is 0 Å². The summed E-state index contributed by atoms with van der Waals surface area (Å²) in [6, 6.07) is 0. The zero-order valence-electron chi connectivity index (χ0n) is 43.9. The molecule has 0 aromatic carbocycles. The van der Waals surface area contributed by atoms with Crippen molar-refractivity contribution in [2.75, 3.05) is 13.2 Å². The molecule has 0 fully saturated rings. The van der Waals surface area contributed by atoms with Gasteiger partial charge >= 0.3 is 17.9 Å². The third-order valence-electron chi connectivity index (χ3n) is 11.9. The Bertz CT molecular complexity index is 1300. The fourth-order valence-electron chi connectivity index (χ4n) is 7.62. The van der Waals surface area contributed by atoms with Crippen LogP contribution in [0.15, 0.2) is 85.1 Å². The predicted molar refractivity (Wildman–Crippen MR) is 288 cm³/mol. The van der Waals surface area contributed by atoms with E-state index in [0.717, 1.165) is 135 Å². The van der Waals surface area contributed by atoms with Crippen molar-refractivity contribution >= 4 is 17.9 Å². The molecule has 0 aliphatic rings. The molecule has 0 aromatic rings. The zero-order valence-corrected chi connectivity index (χ0v) is 43.9. The maximum absolute atomic E-state index is 12.8.